The number of aryl methyl sites for hydroxylation is 1. The van der Waals surface area contributed by atoms with Crippen molar-refractivity contribution in [3.8, 4) is 5.69 Å². The van der Waals surface area contributed by atoms with E-state index in [1.807, 2.05) is 13.0 Å². The third kappa shape index (κ3) is 1.87. The fourth-order valence-electron chi connectivity index (χ4n) is 2.15. The molecule has 0 aliphatic rings. The number of benzene rings is 2. The van der Waals surface area contributed by atoms with Crippen molar-refractivity contribution in [2.75, 3.05) is 0 Å². The predicted molar refractivity (Wildman–Crippen MR) is 72.0 cm³/mol. The van der Waals surface area contributed by atoms with Crippen LogP contribution < -0.4 is 5.56 Å². The Balaban J connectivity index is 2.33. The second-order valence-corrected chi connectivity index (χ2v) is 4.49. The van der Waals surface area contributed by atoms with E-state index < -0.39 is 11.6 Å². The number of fused-ring (bicyclic) bond motifs is 1. The lowest BCUT2D eigenvalue weighted by Gasteiger charge is -2.08. The van der Waals surface area contributed by atoms with Crippen LogP contribution in [0.25, 0.3) is 16.6 Å². The Labute approximate surface area is 113 Å². The molecule has 0 saturated carbocycles. The minimum Gasteiger partial charge on any atom is -0.268 e. The molecule has 3 aromatic rings. The summed E-state index contributed by atoms with van der Waals surface area (Å²) in [4.78, 5) is 16.6. The van der Waals surface area contributed by atoms with Crippen molar-refractivity contribution in [2.45, 2.75) is 6.92 Å². The van der Waals surface area contributed by atoms with Gasteiger partial charge in [-0.2, -0.15) is 0 Å². The van der Waals surface area contributed by atoms with E-state index in [-0.39, 0.29) is 11.2 Å². The lowest BCUT2D eigenvalue weighted by atomic mass is 10.1. The smallest absolute Gasteiger partial charge is 0.265 e. The Morgan fingerprint density at radius 1 is 1.15 bits per heavy atom. The number of rotatable bonds is 1. The lowest BCUT2D eigenvalue weighted by Crippen LogP contribution is -2.20. The van der Waals surface area contributed by atoms with Gasteiger partial charge in [0.2, 0.25) is 0 Å². The van der Waals surface area contributed by atoms with Crippen LogP contribution in [0.4, 0.5) is 8.78 Å². The second kappa shape index (κ2) is 4.52. The summed E-state index contributed by atoms with van der Waals surface area (Å²) in [6.45, 7) is 1.84. The van der Waals surface area contributed by atoms with Gasteiger partial charge in [-0.1, -0.05) is 12.1 Å². The molecule has 0 amide bonds. The van der Waals surface area contributed by atoms with E-state index in [0.29, 0.717) is 10.9 Å². The van der Waals surface area contributed by atoms with Crippen LogP contribution in [0, 0.1) is 18.6 Å². The van der Waals surface area contributed by atoms with E-state index in [2.05, 4.69) is 4.98 Å². The molecule has 1 aromatic heterocycles. The molecule has 0 atom stereocenters. The van der Waals surface area contributed by atoms with Crippen LogP contribution in [0.3, 0.4) is 0 Å². The molecule has 0 N–H and O–H groups in total. The maximum Gasteiger partial charge on any atom is 0.265 e. The highest BCUT2D eigenvalue weighted by Crippen LogP contribution is 2.16. The summed E-state index contributed by atoms with van der Waals surface area (Å²) in [6, 6.07) is 8.28. The van der Waals surface area contributed by atoms with Gasteiger partial charge < -0.3 is 0 Å². The summed E-state index contributed by atoms with van der Waals surface area (Å²) >= 11 is 0. The number of nitrogens with zero attached hydrogens (tertiary/aromatic N) is 2. The first kappa shape index (κ1) is 12.5. The van der Waals surface area contributed by atoms with Gasteiger partial charge in [-0.25, -0.2) is 13.8 Å². The third-order valence-corrected chi connectivity index (χ3v) is 3.16. The second-order valence-electron chi connectivity index (χ2n) is 4.49. The highest BCUT2D eigenvalue weighted by atomic mass is 19.1. The van der Waals surface area contributed by atoms with Gasteiger partial charge >= 0.3 is 0 Å². The topological polar surface area (TPSA) is 34.9 Å². The maximum atomic E-state index is 13.8. The van der Waals surface area contributed by atoms with Crippen LogP contribution in [0.5, 0.6) is 0 Å². The molecule has 0 saturated heterocycles. The summed E-state index contributed by atoms with van der Waals surface area (Å²) in [6.07, 6.45) is 1.26. The number of para-hydroxylation sites is 1. The molecule has 100 valence electrons. The Hall–Kier alpha value is -2.56. The molecule has 0 unspecified atom stereocenters. The molecule has 0 spiro atoms. The molecule has 5 heteroatoms. The van der Waals surface area contributed by atoms with E-state index in [4.69, 9.17) is 0 Å². The van der Waals surface area contributed by atoms with Crippen molar-refractivity contribution in [2.24, 2.45) is 0 Å². The third-order valence-electron chi connectivity index (χ3n) is 3.16. The molecule has 1 heterocycles. The highest BCUT2D eigenvalue weighted by Gasteiger charge is 2.11. The van der Waals surface area contributed by atoms with Crippen molar-refractivity contribution >= 4 is 10.9 Å². The molecule has 0 fully saturated rings. The van der Waals surface area contributed by atoms with Gasteiger partial charge in [-0.05, 0) is 30.7 Å². The van der Waals surface area contributed by atoms with Crippen LogP contribution in [-0.4, -0.2) is 9.55 Å². The maximum absolute atomic E-state index is 13.8. The van der Waals surface area contributed by atoms with Gasteiger partial charge in [-0.15, -0.1) is 0 Å². The standard InChI is InChI=1S/C15H10F2N2O/c1-9-3-2-4-11-14(9)18-8-19(15(11)20)13-6-5-10(16)7-12(13)17/h2-8H,1H3. The molecule has 0 aliphatic carbocycles. The Kier molecular flexibility index (Phi) is 2.82. The number of hydrogen-bond donors (Lipinski definition) is 0. The van der Waals surface area contributed by atoms with Gasteiger partial charge in [-0.3, -0.25) is 9.36 Å². The first-order chi connectivity index (χ1) is 9.58. The van der Waals surface area contributed by atoms with E-state index >= 15 is 0 Å². The molecule has 3 rings (SSSR count). The van der Waals surface area contributed by atoms with Crippen molar-refractivity contribution in [1.82, 2.24) is 9.55 Å². The quantitative estimate of drug-likeness (QED) is 0.682. The monoisotopic (exact) mass is 272 g/mol. The van der Waals surface area contributed by atoms with Crippen LogP contribution in [0.2, 0.25) is 0 Å². The van der Waals surface area contributed by atoms with Crippen molar-refractivity contribution in [3.63, 3.8) is 0 Å². The lowest BCUT2D eigenvalue weighted by molar-refractivity contribution is 0.576. The zero-order chi connectivity index (χ0) is 14.3. The Bertz CT molecular complexity index is 871. The molecule has 0 radical (unpaired) electrons. The van der Waals surface area contributed by atoms with Gasteiger partial charge in [0.1, 0.15) is 18.0 Å². The van der Waals surface area contributed by atoms with Gasteiger partial charge in [0.25, 0.3) is 5.56 Å². The Morgan fingerprint density at radius 2 is 1.95 bits per heavy atom. The van der Waals surface area contributed by atoms with E-state index in [1.54, 1.807) is 12.1 Å². The summed E-state index contributed by atoms with van der Waals surface area (Å²) in [5.41, 5.74) is 1.04. The molecular formula is C15H10F2N2O. The minimum absolute atomic E-state index is 0.0210. The SMILES string of the molecule is Cc1cccc2c(=O)n(-c3ccc(F)cc3F)cnc12. The van der Waals surface area contributed by atoms with Gasteiger partial charge in [0.15, 0.2) is 0 Å². The molecule has 0 aliphatic heterocycles. The number of halogens is 2. The largest absolute Gasteiger partial charge is 0.268 e. The van der Waals surface area contributed by atoms with Crippen LogP contribution in [0.1, 0.15) is 5.56 Å². The van der Waals surface area contributed by atoms with Crippen LogP contribution in [0.15, 0.2) is 47.5 Å². The average molecular weight is 272 g/mol. The zero-order valence-corrected chi connectivity index (χ0v) is 10.6. The predicted octanol–water partition coefficient (Wildman–Crippen LogP) is 2.97. The number of hydrogen-bond acceptors (Lipinski definition) is 2. The number of aromatic nitrogens is 2. The first-order valence-corrected chi connectivity index (χ1v) is 6.00. The zero-order valence-electron chi connectivity index (χ0n) is 10.6. The molecule has 20 heavy (non-hydrogen) atoms. The summed E-state index contributed by atoms with van der Waals surface area (Å²) < 4.78 is 27.8. The fourth-order valence-corrected chi connectivity index (χ4v) is 2.15. The molecule has 3 nitrogen and oxygen atoms in total. The van der Waals surface area contributed by atoms with Crippen molar-refractivity contribution < 1.29 is 8.78 Å². The first-order valence-electron chi connectivity index (χ1n) is 6.00. The minimum atomic E-state index is -0.805. The highest BCUT2D eigenvalue weighted by molar-refractivity contribution is 5.80. The summed E-state index contributed by atoms with van der Waals surface area (Å²) in [7, 11) is 0. The van der Waals surface area contributed by atoms with Crippen molar-refractivity contribution in [3.05, 3.63) is 70.3 Å². The van der Waals surface area contributed by atoms with Crippen LogP contribution in [-0.2, 0) is 0 Å². The van der Waals surface area contributed by atoms with E-state index in [0.717, 1.165) is 22.3 Å². The van der Waals surface area contributed by atoms with E-state index in [1.165, 1.54) is 12.4 Å². The fraction of sp³-hybridized carbons (Fsp3) is 0.0667. The van der Waals surface area contributed by atoms with Gasteiger partial charge in [0, 0.05) is 6.07 Å². The Morgan fingerprint density at radius 3 is 2.70 bits per heavy atom. The van der Waals surface area contributed by atoms with E-state index in [9.17, 15) is 13.6 Å². The molecular weight excluding hydrogens is 262 g/mol. The summed E-state index contributed by atoms with van der Waals surface area (Å²) in [5.74, 6) is -1.50. The molecule has 0 bridgehead atoms. The normalized spacial score (nSPS) is 10.9. The van der Waals surface area contributed by atoms with Gasteiger partial charge in [0.05, 0.1) is 16.6 Å². The van der Waals surface area contributed by atoms with Crippen molar-refractivity contribution in [1.29, 1.82) is 0 Å². The molecule has 2 aromatic carbocycles. The van der Waals surface area contributed by atoms with Crippen LogP contribution >= 0.6 is 0 Å². The average Bonchev–Trinajstić information content (AvgIpc) is 2.41. The summed E-state index contributed by atoms with van der Waals surface area (Å²) in [5, 5.41) is 0.399.